The monoisotopic (exact) mass is 742 g/mol. The first-order chi connectivity index (χ1) is 23.1. The predicted molar refractivity (Wildman–Crippen MR) is 185 cm³/mol. The molecular weight excluding hydrogens is 698 g/mol. The molecule has 1 fully saturated rings. The summed E-state index contributed by atoms with van der Waals surface area (Å²) < 4.78 is 47.6. The number of alkyl halides is 1. The molecule has 3 rings (SSSR count). The van der Waals surface area contributed by atoms with Gasteiger partial charge in [-0.25, -0.2) is 18.9 Å². The molecule has 0 radical (unpaired) electrons. The Hall–Kier alpha value is -3.63. The number of carbonyl (C=O) groups is 3. The van der Waals surface area contributed by atoms with Gasteiger partial charge in [-0.05, 0) is 59.6 Å². The van der Waals surface area contributed by atoms with E-state index < -0.39 is 96.6 Å². The van der Waals surface area contributed by atoms with Crippen molar-refractivity contribution in [3.05, 3.63) is 63.4 Å². The summed E-state index contributed by atoms with van der Waals surface area (Å²) in [7, 11) is -3.00. The van der Waals surface area contributed by atoms with Gasteiger partial charge in [0, 0.05) is 12.3 Å². The summed E-state index contributed by atoms with van der Waals surface area (Å²) in [6.07, 6.45) is -4.28. The summed E-state index contributed by atoms with van der Waals surface area (Å²) in [5.41, 5.74) is -2.40. The minimum atomic E-state index is -4.44. The number of halogens is 1. The Kier molecular flexibility index (Phi) is 13.5. The van der Waals surface area contributed by atoms with Gasteiger partial charge in [0.2, 0.25) is 0 Å². The van der Waals surface area contributed by atoms with Crippen LogP contribution in [0.1, 0.15) is 61.6 Å². The quantitative estimate of drug-likeness (QED) is 0.0839. The fourth-order valence-electron chi connectivity index (χ4n) is 4.78. The second-order valence-electron chi connectivity index (χ2n) is 13.5. The highest BCUT2D eigenvalue weighted by Crippen LogP contribution is 2.48. The van der Waals surface area contributed by atoms with Gasteiger partial charge in [0.1, 0.15) is 43.5 Å². The number of nitrogens with one attached hydrogen (secondary N) is 3. The Morgan fingerprint density at radius 3 is 2.28 bits per heavy atom. The van der Waals surface area contributed by atoms with Crippen molar-refractivity contribution >= 4 is 45.2 Å². The molecule has 50 heavy (non-hydrogen) atoms. The van der Waals surface area contributed by atoms with Crippen LogP contribution in [0.25, 0.3) is 0 Å². The average molecular weight is 743 g/mol. The average Bonchev–Trinajstić information content (AvgIpc) is 3.22. The van der Waals surface area contributed by atoms with Crippen LogP contribution in [0, 0.1) is 5.92 Å². The van der Waals surface area contributed by atoms with Gasteiger partial charge >= 0.3 is 31.5 Å². The number of carbonyl (C=O) groups excluding carboxylic acids is 3. The molecule has 1 unspecified atom stereocenters. The number of nitrogens with zero attached hydrogens (tertiary/aromatic N) is 1. The Labute approximate surface area is 295 Å². The molecule has 0 bridgehead atoms. The molecule has 1 aliphatic heterocycles. The molecule has 19 heteroatoms. The SMILES string of the molecule is B[C@]1(Cl)[C@H](OC(=O)[C@@H](NC(=O)OC(C)(C)C)C(C)C)[C@@H](COP(=O)(N[C@@H](C)C(=O)OC(C)C)Oc2ccccc2)O[C@H]1n1ccc(=O)[nH]c1=O. The number of ether oxygens (including phenoxy) is 4. The number of hydrogen-bond acceptors (Lipinski definition) is 12. The van der Waals surface area contributed by atoms with Crippen LogP contribution in [0.4, 0.5) is 4.79 Å². The minimum Gasteiger partial charge on any atom is -0.462 e. The number of H-pyrrole nitrogens is 1. The molecule has 276 valence electrons. The van der Waals surface area contributed by atoms with Crippen LogP contribution < -0.4 is 26.2 Å². The molecule has 0 aliphatic carbocycles. The van der Waals surface area contributed by atoms with E-state index in [1.54, 1.807) is 66.7 Å². The van der Waals surface area contributed by atoms with Crippen LogP contribution in [0.2, 0.25) is 0 Å². The molecule has 0 saturated carbocycles. The summed E-state index contributed by atoms with van der Waals surface area (Å²) in [6, 6.07) is 6.71. The summed E-state index contributed by atoms with van der Waals surface area (Å²) in [5.74, 6) is -2.00. The van der Waals surface area contributed by atoms with Gasteiger partial charge in [0.05, 0.1) is 17.5 Å². The topological polar surface area (TPSA) is 203 Å². The molecule has 3 N–H and O–H groups in total. The molecule has 16 nitrogen and oxygen atoms in total. The van der Waals surface area contributed by atoms with E-state index >= 15 is 0 Å². The first kappa shape index (κ1) is 40.8. The third-order valence-electron chi connectivity index (χ3n) is 7.06. The van der Waals surface area contributed by atoms with Crippen LogP contribution in [0.3, 0.4) is 0 Å². The van der Waals surface area contributed by atoms with E-state index in [1.165, 1.54) is 26.9 Å². The van der Waals surface area contributed by atoms with E-state index in [1.807, 2.05) is 0 Å². The number of amides is 1. The van der Waals surface area contributed by atoms with Crippen molar-refractivity contribution in [3.8, 4) is 5.75 Å². The highest BCUT2D eigenvalue weighted by Gasteiger charge is 2.57. The van der Waals surface area contributed by atoms with Crippen LogP contribution >= 0.6 is 19.3 Å². The van der Waals surface area contributed by atoms with Gasteiger partial charge in [-0.2, -0.15) is 5.09 Å². The Morgan fingerprint density at radius 2 is 1.72 bits per heavy atom. The maximum absolute atomic E-state index is 14.2. The third-order valence-corrected chi connectivity index (χ3v) is 9.10. The van der Waals surface area contributed by atoms with Crippen LogP contribution in [0.5, 0.6) is 5.75 Å². The Bertz CT molecular complexity index is 1660. The zero-order chi connectivity index (χ0) is 37.6. The van der Waals surface area contributed by atoms with Gasteiger partial charge in [-0.15, -0.1) is 11.6 Å². The molecular formula is C31H45BClN4O12P. The highest BCUT2D eigenvalue weighted by atomic mass is 35.5. The number of hydrogen-bond donors (Lipinski definition) is 3. The summed E-state index contributed by atoms with van der Waals surface area (Å²) in [4.78, 5) is 65.6. The summed E-state index contributed by atoms with van der Waals surface area (Å²) in [6.45, 7) is 12.4. The predicted octanol–water partition coefficient (Wildman–Crippen LogP) is 2.60. The van der Waals surface area contributed by atoms with Gasteiger partial charge in [-0.1, -0.05) is 32.0 Å². The van der Waals surface area contributed by atoms with Gasteiger partial charge < -0.3 is 28.8 Å². The lowest BCUT2D eigenvalue weighted by Crippen LogP contribution is -2.52. The summed E-state index contributed by atoms with van der Waals surface area (Å²) >= 11 is 7.02. The lowest BCUT2D eigenvalue weighted by Gasteiger charge is -2.32. The largest absolute Gasteiger partial charge is 0.462 e. The second-order valence-corrected chi connectivity index (χ2v) is 16.0. The van der Waals surface area contributed by atoms with Crippen molar-refractivity contribution in [3.63, 3.8) is 0 Å². The molecule has 7 atom stereocenters. The van der Waals surface area contributed by atoms with Crippen molar-refractivity contribution < 1.29 is 46.9 Å². The van der Waals surface area contributed by atoms with E-state index in [-0.39, 0.29) is 5.75 Å². The fourth-order valence-corrected chi connectivity index (χ4v) is 6.62. The van der Waals surface area contributed by atoms with E-state index in [9.17, 15) is 28.5 Å². The Balaban J connectivity index is 1.98. The van der Waals surface area contributed by atoms with E-state index in [0.29, 0.717) is 0 Å². The molecule has 1 saturated heterocycles. The van der Waals surface area contributed by atoms with Crippen molar-refractivity contribution in [2.75, 3.05) is 6.61 Å². The fraction of sp³-hybridized carbons (Fsp3) is 0.581. The minimum absolute atomic E-state index is 0.135. The van der Waals surface area contributed by atoms with Crippen LogP contribution in [0.15, 0.2) is 52.2 Å². The molecule has 0 spiro atoms. The number of aromatic amines is 1. The van der Waals surface area contributed by atoms with Crippen molar-refractivity contribution in [2.45, 2.75) is 102 Å². The van der Waals surface area contributed by atoms with E-state index in [4.69, 9.17) is 39.6 Å². The number of benzene rings is 1. The number of alkyl carbamates (subject to hydrolysis) is 1. The lowest BCUT2D eigenvalue weighted by molar-refractivity contribution is -0.157. The van der Waals surface area contributed by atoms with E-state index in [2.05, 4.69) is 15.4 Å². The number of aromatic nitrogens is 2. The number of para-hydroxylation sites is 1. The van der Waals surface area contributed by atoms with Gasteiger partial charge in [0.25, 0.3) is 5.56 Å². The van der Waals surface area contributed by atoms with E-state index in [0.717, 1.165) is 16.8 Å². The smallest absolute Gasteiger partial charge is 0.459 e. The first-order valence-corrected chi connectivity index (χ1v) is 17.9. The molecule has 2 aromatic rings. The zero-order valence-electron chi connectivity index (χ0n) is 29.5. The normalized spacial score (nSPS) is 23.1. The van der Waals surface area contributed by atoms with Crippen molar-refractivity contribution in [2.24, 2.45) is 5.92 Å². The van der Waals surface area contributed by atoms with Crippen molar-refractivity contribution in [1.82, 2.24) is 20.0 Å². The first-order valence-electron chi connectivity index (χ1n) is 15.9. The number of rotatable bonds is 14. The van der Waals surface area contributed by atoms with Crippen LogP contribution in [-0.2, 0) is 37.6 Å². The molecule has 1 aromatic carbocycles. The standard InChI is InChI=1S/C31H45BClN4O12P/c1-17(2)23(35-29(42)48-30(6,7)8)26(40)47-24-21(46-27(31(24,32)33)37-15-14-22(38)34-28(37)41)16-44-50(43,49-20-12-10-9-11-13-20)36-19(5)25(39)45-18(3)4/h9-15,17-19,21,23-24,27H,16,32H2,1-8H3,(H,35,42)(H,36,43)(H,34,38,41)/t19-,21+,23-,24+,27+,31-,50?/m0/s1. The maximum Gasteiger partial charge on any atom is 0.459 e. The molecule has 2 heterocycles. The molecule has 1 aliphatic rings. The molecule has 1 amide bonds. The van der Waals surface area contributed by atoms with Gasteiger partial charge in [0.15, 0.2) is 6.23 Å². The number of esters is 2. The lowest BCUT2D eigenvalue weighted by atomic mass is 9.79. The third kappa shape index (κ3) is 11.2. The Morgan fingerprint density at radius 1 is 1.08 bits per heavy atom. The highest BCUT2D eigenvalue weighted by molar-refractivity contribution is 7.52. The second kappa shape index (κ2) is 16.6. The zero-order valence-corrected chi connectivity index (χ0v) is 31.1. The maximum atomic E-state index is 14.2. The molecule has 1 aromatic heterocycles. The summed E-state index contributed by atoms with van der Waals surface area (Å²) in [5, 5.41) is 5.07. The van der Waals surface area contributed by atoms with Crippen molar-refractivity contribution in [1.29, 1.82) is 0 Å². The van der Waals surface area contributed by atoms with Crippen LogP contribution in [-0.4, -0.2) is 82.8 Å². The van der Waals surface area contributed by atoms with Gasteiger partial charge in [-0.3, -0.25) is 23.7 Å².